The standard InChI is InChI=1S/C18H15Cl2N3O/c19-16-7-6-15(10-17(16)20)23-12-14(11-21)18(24)22-9-8-13-4-2-1-3-5-13/h1-7,10,12,23H,8-9H2,(H,22,24)/b14-12-. The van der Waals surface area contributed by atoms with Gasteiger partial charge in [0.15, 0.2) is 0 Å². The van der Waals surface area contributed by atoms with Crippen molar-refractivity contribution in [1.29, 1.82) is 5.26 Å². The maximum atomic E-state index is 12.0. The van der Waals surface area contributed by atoms with Crippen LogP contribution in [0.15, 0.2) is 60.3 Å². The number of amides is 1. The Bertz CT molecular complexity index is 783. The van der Waals surface area contributed by atoms with E-state index in [9.17, 15) is 4.79 Å². The third kappa shape index (κ3) is 5.31. The molecule has 122 valence electrons. The van der Waals surface area contributed by atoms with Crippen LogP contribution in [-0.4, -0.2) is 12.5 Å². The van der Waals surface area contributed by atoms with Gasteiger partial charge in [-0.15, -0.1) is 0 Å². The normalized spacial score (nSPS) is 10.8. The van der Waals surface area contributed by atoms with Crippen molar-refractivity contribution in [2.45, 2.75) is 6.42 Å². The molecule has 2 aromatic carbocycles. The number of nitrogens with zero attached hydrogens (tertiary/aromatic N) is 1. The minimum absolute atomic E-state index is 0.0193. The van der Waals surface area contributed by atoms with Crippen LogP contribution >= 0.6 is 23.2 Å². The fourth-order valence-electron chi connectivity index (χ4n) is 1.95. The van der Waals surface area contributed by atoms with Crippen LogP contribution in [0.5, 0.6) is 0 Å². The van der Waals surface area contributed by atoms with E-state index in [1.807, 2.05) is 36.4 Å². The number of rotatable bonds is 6. The molecule has 0 radical (unpaired) electrons. The van der Waals surface area contributed by atoms with E-state index in [2.05, 4.69) is 10.6 Å². The monoisotopic (exact) mass is 359 g/mol. The molecule has 2 N–H and O–H groups in total. The number of nitriles is 1. The van der Waals surface area contributed by atoms with Crippen molar-refractivity contribution in [3.05, 3.63) is 75.9 Å². The lowest BCUT2D eigenvalue weighted by atomic mass is 10.1. The summed E-state index contributed by atoms with van der Waals surface area (Å²) in [5.41, 5.74) is 1.73. The second-order valence-corrected chi connectivity index (χ2v) is 5.75. The molecule has 0 spiro atoms. The van der Waals surface area contributed by atoms with Crippen molar-refractivity contribution < 1.29 is 4.79 Å². The Kier molecular flexibility index (Phi) is 6.68. The van der Waals surface area contributed by atoms with Gasteiger partial charge in [0, 0.05) is 18.4 Å². The molecule has 24 heavy (non-hydrogen) atoms. The summed E-state index contributed by atoms with van der Waals surface area (Å²) in [6, 6.07) is 16.6. The maximum Gasteiger partial charge on any atom is 0.263 e. The zero-order valence-electron chi connectivity index (χ0n) is 12.7. The van der Waals surface area contributed by atoms with E-state index in [-0.39, 0.29) is 5.57 Å². The van der Waals surface area contributed by atoms with Crippen LogP contribution in [-0.2, 0) is 11.2 Å². The quantitative estimate of drug-likeness (QED) is 0.600. The first-order valence-electron chi connectivity index (χ1n) is 7.24. The van der Waals surface area contributed by atoms with Crippen LogP contribution < -0.4 is 10.6 Å². The van der Waals surface area contributed by atoms with Crippen LogP contribution in [0.1, 0.15) is 5.56 Å². The molecule has 2 aromatic rings. The van der Waals surface area contributed by atoms with E-state index in [1.165, 1.54) is 6.20 Å². The van der Waals surface area contributed by atoms with Crippen molar-refractivity contribution in [1.82, 2.24) is 5.32 Å². The van der Waals surface area contributed by atoms with Crippen molar-refractivity contribution in [2.24, 2.45) is 0 Å². The molecule has 0 saturated heterocycles. The lowest BCUT2D eigenvalue weighted by molar-refractivity contribution is -0.117. The summed E-state index contributed by atoms with van der Waals surface area (Å²) in [6.45, 7) is 0.453. The highest BCUT2D eigenvalue weighted by Crippen LogP contribution is 2.25. The number of nitrogens with one attached hydrogen (secondary N) is 2. The van der Waals surface area contributed by atoms with Crippen molar-refractivity contribution in [3.63, 3.8) is 0 Å². The lowest BCUT2D eigenvalue weighted by Gasteiger charge is -2.06. The van der Waals surface area contributed by atoms with Gasteiger partial charge in [-0.1, -0.05) is 53.5 Å². The number of carbonyl (C=O) groups is 1. The van der Waals surface area contributed by atoms with Gasteiger partial charge in [-0.05, 0) is 30.2 Å². The predicted octanol–water partition coefficient (Wildman–Crippen LogP) is 4.17. The van der Waals surface area contributed by atoms with E-state index < -0.39 is 5.91 Å². The zero-order valence-corrected chi connectivity index (χ0v) is 14.2. The molecule has 0 aliphatic carbocycles. The fourth-order valence-corrected chi connectivity index (χ4v) is 2.25. The van der Waals surface area contributed by atoms with Crippen molar-refractivity contribution >= 4 is 34.8 Å². The fraction of sp³-hybridized carbons (Fsp3) is 0.111. The number of halogens is 2. The Morgan fingerprint density at radius 1 is 1.12 bits per heavy atom. The Balaban J connectivity index is 1.90. The van der Waals surface area contributed by atoms with E-state index in [4.69, 9.17) is 28.5 Å². The summed E-state index contributed by atoms with van der Waals surface area (Å²) < 4.78 is 0. The molecule has 4 nitrogen and oxygen atoms in total. The molecule has 2 rings (SSSR count). The lowest BCUT2D eigenvalue weighted by Crippen LogP contribution is -2.27. The third-order valence-corrected chi connectivity index (χ3v) is 3.95. The number of anilines is 1. The summed E-state index contributed by atoms with van der Waals surface area (Å²) in [4.78, 5) is 12.0. The minimum Gasteiger partial charge on any atom is -0.360 e. The van der Waals surface area contributed by atoms with Crippen molar-refractivity contribution in [2.75, 3.05) is 11.9 Å². The van der Waals surface area contributed by atoms with E-state index in [0.29, 0.717) is 28.7 Å². The van der Waals surface area contributed by atoms with Gasteiger partial charge in [0.1, 0.15) is 11.6 Å². The SMILES string of the molecule is N#C/C(=C/Nc1ccc(Cl)c(Cl)c1)C(=O)NCCc1ccccc1. The molecule has 0 unspecified atom stereocenters. The number of hydrogen-bond acceptors (Lipinski definition) is 3. The highest BCUT2D eigenvalue weighted by molar-refractivity contribution is 6.42. The highest BCUT2D eigenvalue weighted by Gasteiger charge is 2.08. The highest BCUT2D eigenvalue weighted by atomic mass is 35.5. The molecular weight excluding hydrogens is 345 g/mol. The predicted molar refractivity (Wildman–Crippen MR) is 96.9 cm³/mol. The van der Waals surface area contributed by atoms with Gasteiger partial charge >= 0.3 is 0 Å². The minimum atomic E-state index is -0.430. The third-order valence-electron chi connectivity index (χ3n) is 3.21. The molecule has 0 aliphatic rings. The Labute approximate surface area is 150 Å². The average Bonchev–Trinajstić information content (AvgIpc) is 2.59. The van der Waals surface area contributed by atoms with Gasteiger partial charge in [0.05, 0.1) is 10.0 Å². The molecule has 0 aromatic heterocycles. The van der Waals surface area contributed by atoms with Gasteiger partial charge in [-0.2, -0.15) is 5.26 Å². The molecule has 0 fully saturated rings. The first-order valence-corrected chi connectivity index (χ1v) is 7.99. The summed E-state index contributed by atoms with van der Waals surface area (Å²) in [5, 5.41) is 15.5. The zero-order chi connectivity index (χ0) is 17.4. The second kappa shape index (κ2) is 8.97. The maximum absolute atomic E-state index is 12.0. The first-order chi connectivity index (χ1) is 11.6. The molecular formula is C18H15Cl2N3O. The summed E-state index contributed by atoms with van der Waals surface area (Å²) in [6.07, 6.45) is 2.04. The molecule has 6 heteroatoms. The Hall–Kier alpha value is -2.48. The smallest absolute Gasteiger partial charge is 0.263 e. The molecule has 0 heterocycles. The van der Waals surface area contributed by atoms with Gasteiger partial charge < -0.3 is 10.6 Å². The number of benzene rings is 2. The van der Waals surface area contributed by atoms with E-state index >= 15 is 0 Å². The van der Waals surface area contributed by atoms with E-state index in [0.717, 1.165) is 5.56 Å². The molecule has 0 atom stereocenters. The average molecular weight is 360 g/mol. The molecule has 1 amide bonds. The number of hydrogen-bond donors (Lipinski definition) is 2. The summed E-state index contributed by atoms with van der Waals surface area (Å²) in [5.74, 6) is -0.430. The van der Waals surface area contributed by atoms with Gasteiger partial charge in [-0.25, -0.2) is 0 Å². The van der Waals surface area contributed by atoms with Gasteiger partial charge in [0.25, 0.3) is 5.91 Å². The molecule has 0 bridgehead atoms. The molecule has 0 aliphatic heterocycles. The largest absolute Gasteiger partial charge is 0.360 e. The van der Waals surface area contributed by atoms with Gasteiger partial charge in [0.2, 0.25) is 0 Å². The second-order valence-electron chi connectivity index (χ2n) is 4.93. The van der Waals surface area contributed by atoms with Crippen LogP contribution in [0.2, 0.25) is 10.0 Å². The van der Waals surface area contributed by atoms with Crippen molar-refractivity contribution in [3.8, 4) is 6.07 Å². The van der Waals surface area contributed by atoms with Gasteiger partial charge in [-0.3, -0.25) is 4.79 Å². The summed E-state index contributed by atoms with van der Waals surface area (Å²) in [7, 11) is 0. The van der Waals surface area contributed by atoms with Crippen LogP contribution in [0.3, 0.4) is 0 Å². The Morgan fingerprint density at radius 2 is 1.88 bits per heavy atom. The van der Waals surface area contributed by atoms with Crippen LogP contribution in [0, 0.1) is 11.3 Å². The van der Waals surface area contributed by atoms with Crippen LogP contribution in [0.4, 0.5) is 5.69 Å². The Morgan fingerprint density at radius 3 is 2.54 bits per heavy atom. The topological polar surface area (TPSA) is 64.9 Å². The number of carbonyl (C=O) groups excluding carboxylic acids is 1. The molecule has 0 saturated carbocycles. The summed E-state index contributed by atoms with van der Waals surface area (Å²) >= 11 is 11.8. The first kappa shape index (κ1) is 17.9. The van der Waals surface area contributed by atoms with Crippen LogP contribution in [0.25, 0.3) is 0 Å². The van der Waals surface area contributed by atoms with E-state index in [1.54, 1.807) is 18.2 Å².